The molecule has 1 fully saturated rings. The van der Waals surface area contributed by atoms with Crippen LogP contribution in [0.2, 0.25) is 5.02 Å². The molecule has 1 aromatic carbocycles. The summed E-state index contributed by atoms with van der Waals surface area (Å²) < 4.78 is 13.0. The molecule has 1 saturated heterocycles. The standard InChI is InChI=1S/C11H13ClFN/c12-9-4-8(5-10(13)7-9)6-11-2-1-3-14-11/h4-5,7,11,14H,1-3,6H2. The monoisotopic (exact) mass is 213 g/mol. The van der Waals surface area contributed by atoms with E-state index in [1.54, 1.807) is 6.07 Å². The van der Waals surface area contributed by atoms with Crippen LogP contribution in [0.4, 0.5) is 4.39 Å². The van der Waals surface area contributed by atoms with E-state index in [4.69, 9.17) is 11.6 Å². The molecule has 1 N–H and O–H groups in total. The van der Waals surface area contributed by atoms with Gasteiger partial charge in [-0.2, -0.15) is 0 Å². The molecule has 1 aromatic rings. The van der Waals surface area contributed by atoms with Gasteiger partial charge in [-0.05, 0) is 49.6 Å². The summed E-state index contributed by atoms with van der Waals surface area (Å²) >= 11 is 5.78. The fourth-order valence-electron chi connectivity index (χ4n) is 1.94. The summed E-state index contributed by atoms with van der Waals surface area (Å²) in [6.07, 6.45) is 3.26. The van der Waals surface area contributed by atoms with E-state index >= 15 is 0 Å². The minimum Gasteiger partial charge on any atom is -0.314 e. The van der Waals surface area contributed by atoms with Gasteiger partial charge in [0.05, 0.1) is 0 Å². The second-order valence-electron chi connectivity index (χ2n) is 3.78. The molecule has 1 aliphatic rings. The normalized spacial score (nSPS) is 21.4. The first kappa shape index (κ1) is 9.94. The summed E-state index contributed by atoms with van der Waals surface area (Å²) in [7, 11) is 0. The van der Waals surface area contributed by atoms with Gasteiger partial charge < -0.3 is 5.32 Å². The van der Waals surface area contributed by atoms with E-state index < -0.39 is 0 Å². The van der Waals surface area contributed by atoms with E-state index in [-0.39, 0.29) is 5.82 Å². The van der Waals surface area contributed by atoms with E-state index in [9.17, 15) is 4.39 Å². The Kier molecular flexibility index (Phi) is 3.04. The Labute approximate surface area is 88.3 Å². The molecule has 0 radical (unpaired) electrons. The van der Waals surface area contributed by atoms with Crippen molar-refractivity contribution in [2.24, 2.45) is 0 Å². The lowest BCUT2D eigenvalue weighted by molar-refractivity contribution is 0.593. The minimum absolute atomic E-state index is 0.245. The molecular formula is C11H13ClFN. The van der Waals surface area contributed by atoms with Crippen LogP contribution in [0.3, 0.4) is 0 Å². The molecule has 1 atom stereocenters. The summed E-state index contributed by atoms with van der Waals surface area (Å²) in [5.41, 5.74) is 0.981. The summed E-state index contributed by atoms with van der Waals surface area (Å²) in [5.74, 6) is -0.245. The molecule has 0 bridgehead atoms. The fraction of sp³-hybridized carbons (Fsp3) is 0.455. The Morgan fingerprint density at radius 1 is 1.43 bits per heavy atom. The molecule has 14 heavy (non-hydrogen) atoms. The highest BCUT2D eigenvalue weighted by Gasteiger charge is 2.14. The van der Waals surface area contributed by atoms with Gasteiger partial charge in [0.2, 0.25) is 0 Å². The first-order valence-electron chi connectivity index (χ1n) is 4.92. The topological polar surface area (TPSA) is 12.0 Å². The lowest BCUT2D eigenvalue weighted by Crippen LogP contribution is -2.23. The molecule has 0 spiro atoms. The van der Waals surface area contributed by atoms with Crippen LogP contribution in [0.5, 0.6) is 0 Å². The van der Waals surface area contributed by atoms with Crippen LogP contribution < -0.4 is 5.32 Å². The average molecular weight is 214 g/mol. The van der Waals surface area contributed by atoms with Crippen molar-refractivity contribution in [3.05, 3.63) is 34.6 Å². The van der Waals surface area contributed by atoms with E-state index in [1.807, 2.05) is 6.07 Å². The van der Waals surface area contributed by atoms with Gasteiger partial charge in [0.25, 0.3) is 0 Å². The average Bonchev–Trinajstić information content (AvgIpc) is 2.54. The van der Waals surface area contributed by atoms with Crippen LogP contribution in [0.15, 0.2) is 18.2 Å². The molecule has 1 nitrogen and oxygen atoms in total. The van der Waals surface area contributed by atoms with Crippen LogP contribution >= 0.6 is 11.6 Å². The van der Waals surface area contributed by atoms with Crippen molar-refractivity contribution in [2.45, 2.75) is 25.3 Å². The van der Waals surface area contributed by atoms with Gasteiger partial charge in [-0.25, -0.2) is 4.39 Å². The van der Waals surface area contributed by atoms with Gasteiger partial charge in [0.1, 0.15) is 5.82 Å². The minimum atomic E-state index is -0.245. The van der Waals surface area contributed by atoms with Crippen LogP contribution in [-0.4, -0.2) is 12.6 Å². The molecule has 0 amide bonds. The number of hydrogen-bond donors (Lipinski definition) is 1. The third-order valence-electron chi connectivity index (χ3n) is 2.57. The van der Waals surface area contributed by atoms with E-state index in [1.165, 1.54) is 18.9 Å². The second kappa shape index (κ2) is 4.28. The van der Waals surface area contributed by atoms with Crippen LogP contribution in [0.1, 0.15) is 18.4 Å². The molecule has 0 saturated carbocycles. The van der Waals surface area contributed by atoms with Crippen molar-refractivity contribution in [1.29, 1.82) is 0 Å². The molecule has 1 unspecified atom stereocenters. The molecule has 0 aromatic heterocycles. The van der Waals surface area contributed by atoms with Crippen molar-refractivity contribution in [2.75, 3.05) is 6.54 Å². The van der Waals surface area contributed by atoms with Crippen molar-refractivity contribution in [3.8, 4) is 0 Å². The molecule has 3 heteroatoms. The predicted octanol–water partition coefficient (Wildman–Crippen LogP) is 2.77. The van der Waals surface area contributed by atoms with Gasteiger partial charge in [0, 0.05) is 11.1 Å². The number of halogens is 2. The quantitative estimate of drug-likeness (QED) is 0.797. The zero-order chi connectivity index (χ0) is 9.97. The molecule has 1 heterocycles. The highest BCUT2D eigenvalue weighted by atomic mass is 35.5. The molecule has 76 valence electrons. The maximum absolute atomic E-state index is 13.0. The maximum atomic E-state index is 13.0. The van der Waals surface area contributed by atoms with Crippen molar-refractivity contribution in [3.63, 3.8) is 0 Å². The number of benzene rings is 1. The van der Waals surface area contributed by atoms with Gasteiger partial charge in [-0.3, -0.25) is 0 Å². The first-order chi connectivity index (χ1) is 6.74. The number of nitrogens with one attached hydrogen (secondary N) is 1. The highest BCUT2D eigenvalue weighted by molar-refractivity contribution is 6.30. The van der Waals surface area contributed by atoms with Gasteiger partial charge in [0.15, 0.2) is 0 Å². The lowest BCUT2D eigenvalue weighted by Gasteiger charge is -2.10. The Hall–Kier alpha value is -0.600. The maximum Gasteiger partial charge on any atom is 0.124 e. The number of rotatable bonds is 2. The lowest BCUT2D eigenvalue weighted by atomic mass is 10.0. The third kappa shape index (κ3) is 2.46. The van der Waals surface area contributed by atoms with Gasteiger partial charge in [-0.15, -0.1) is 0 Å². The second-order valence-corrected chi connectivity index (χ2v) is 4.21. The Bertz CT molecular complexity index is 301. The van der Waals surface area contributed by atoms with Crippen LogP contribution in [-0.2, 0) is 6.42 Å². The van der Waals surface area contributed by atoms with Crippen molar-refractivity contribution < 1.29 is 4.39 Å². The van der Waals surface area contributed by atoms with E-state index in [0.29, 0.717) is 11.1 Å². The summed E-state index contributed by atoms with van der Waals surface area (Å²) in [4.78, 5) is 0. The Morgan fingerprint density at radius 3 is 2.93 bits per heavy atom. The third-order valence-corrected chi connectivity index (χ3v) is 2.79. The number of hydrogen-bond acceptors (Lipinski definition) is 1. The van der Waals surface area contributed by atoms with E-state index in [2.05, 4.69) is 5.32 Å². The first-order valence-corrected chi connectivity index (χ1v) is 5.30. The zero-order valence-corrected chi connectivity index (χ0v) is 8.65. The Morgan fingerprint density at radius 2 is 2.29 bits per heavy atom. The van der Waals surface area contributed by atoms with Gasteiger partial charge in [-0.1, -0.05) is 11.6 Å². The Balaban J connectivity index is 2.07. The zero-order valence-electron chi connectivity index (χ0n) is 7.89. The molecule has 2 rings (SSSR count). The fourth-order valence-corrected chi connectivity index (χ4v) is 2.19. The highest BCUT2D eigenvalue weighted by Crippen LogP contribution is 2.17. The van der Waals surface area contributed by atoms with E-state index in [0.717, 1.165) is 18.5 Å². The predicted molar refractivity (Wildman–Crippen MR) is 56.1 cm³/mol. The van der Waals surface area contributed by atoms with Crippen molar-refractivity contribution >= 4 is 11.6 Å². The SMILES string of the molecule is Fc1cc(Cl)cc(CC2CCCN2)c1. The molecular weight excluding hydrogens is 201 g/mol. The molecule has 0 aliphatic carbocycles. The largest absolute Gasteiger partial charge is 0.314 e. The van der Waals surface area contributed by atoms with Crippen molar-refractivity contribution in [1.82, 2.24) is 5.32 Å². The smallest absolute Gasteiger partial charge is 0.124 e. The van der Waals surface area contributed by atoms with Gasteiger partial charge >= 0.3 is 0 Å². The van der Waals surface area contributed by atoms with Crippen LogP contribution in [0.25, 0.3) is 0 Å². The summed E-state index contributed by atoms with van der Waals surface area (Å²) in [5, 5.41) is 3.86. The summed E-state index contributed by atoms with van der Waals surface area (Å²) in [6.45, 7) is 1.08. The van der Waals surface area contributed by atoms with Crippen LogP contribution in [0, 0.1) is 5.82 Å². The summed E-state index contributed by atoms with van der Waals surface area (Å²) in [6, 6.07) is 5.23. The molecule has 1 aliphatic heterocycles.